The van der Waals surface area contributed by atoms with Crippen molar-refractivity contribution in [1.82, 2.24) is 19.6 Å². The summed E-state index contributed by atoms with van der Waals surface area (Å²) >= 11 is 0. The third kappa shape index (κ3) is 6.36. The second-order valence-corrected chi connectivity index (χ2v) is 11.0. The Morgan fingerprint density at radius 3 is 2.58 bits per heavy atom. The van der Waals surface area contributed by atoms with Gasteiger partial charge in [-0.1, -0.05) is 45.4 Å². The minimum atomic E-state index is 0.0754. The maximum Gasteiger partial charge on any atom is 0.244 e. The highest BCUT2D eigenvalue weighted by molar-refractivity contribution is 5.94. The van der Waals surface area contributed by atoms with E-state index in [1.54, 1.807) is 10.9 Å². The minimum Gasteiger partial charge on any atom is -0.335 e. The summed E-state index contributed by atoms with van der Waals surface area (Å²) in [7, 11) is 0. The third-order valence-electron chi connectivity index (χ3n) is 7.75. The van der Waals surface area contributed by atoms with E-state index < -0.39 is 0 Å². The highest BCUT2D eigenvalue weighted by Crippen LogP contribution is 2.31. The average Bonchev–Trinajstić information content (AvgIpc) is 3.27. The predicted octanol–water partition coefficient (Wildman–Crippen LogP) is 4.64. The smallest absolute Gasteiger partial charge is 0.244 e. The van der Waals surface area contributed by atoms with E-state index in [1.807, 2.05) is 48.0 Å². The van der Waals surface area contributed by atoms with Crippen LogP contribution in [0.5, 0.6) is 0 Å². The van der Waals surface area contributed by atoms with Crippen molar-refractivity contribution in [2.45, 2.75) is 91.4 Å². The molecule has 2 aliphatic rings. The number of hydrogen-bond donors (Lipinski definition) is 0. The monoisotopic (exact) mass is 493 g/mol. The van der Waals surface area contributed by atoms with Gasteiger partial charge in [0.2, 0.25) is 11.8 Å². The van der Waals surface area contributed by atoms with Crippen LogP contribution in [0.2, 0.25) is 0 Å². The summed E-state index contributed by atoms with van der Waals surface area (Å²) in [6, 6.07) is 8.91. The molecule has 2 amide bonds. The molecule has 1 aromatic heterocycles. The first-order chi connectivity index (χ1) is 17.4. The highest BCUT2D eigenvalue weighted by Gasteiger charge is 2.34. The van der Waals surface area contributed by atoms with Gasteiger partial charge in [-0.3, -0.25) is 19.2 Å². The summed E-state index contributed by atoms with van der Waals surface area (Å²) in [5, 5.41) is 4.36. The van der Waals surface area contributed by atoms with Gasteiger partial charge in [0.25, 0.3) is 0 Å². The van der Waals surface area contributed by atoms with E-state index in [0.717, 1.165) is 55.6 Å². The van der Waals surface area contributed by atoms with Gasteiger partial charge in [0, 0.05) is 50.0 Å². The zero-order chi connectivity index (χ0) is 25.7. The molecule has 1 saturated heterocycles. The third-order valence-corrected chi connectivity index (χ3v) is 7.75. The standard InChI is InChI=1S/C29H43N5O2/c1-5-28(35)34-16-14-25-10-8-11-26(33(25)15-13-22(2)3)20-31(19-24-9-6-7-12-27(24)34)29(36)21-32-18-23(4)17-30-32/h6-7,9,12,17-18,22,25-26H,5,8,10-11,13-16,19-21H2,1-4H3. The van der Waals surface area contributed by atoms with E-state index in [1.165, 1.54) is 6.42 Å². The number of amides is 2. The molecule has 2 atom stereocenters. The number of aryl methyl sites for hydroxylation is 1. The van der Waals surface area contributed by atoms with Gasteiger partial charge in [0.15, 0.2) is 0 Å². The number of carbonyl (C=O) groups excluding carboxylic acids is 2. The van der Waals surface area contributed by atoms with Crippen LogP contribution in [0.25, 0.3) is 0 Å². The molecule has 0 spiro atoms. The molecule has 196 valence electrons. The van der Waals surface area contributed by atoms with Gasteiger partial charge < -0.3 is 9.80 Å². The lowest BCUT2D eigenvalue weighted by Gasteiger charge is -2.44. The van der Waals surface area contributed by atoms with Crippen LogP contribution < -0.4 is 4.90 Å². The van der Waals surface area contributed by atoms with E-state index in [9.17, 15) is 9.59 Å². The maximum absolute atomic E-state index is 13.7. The Morgan fingerprint density at radius 2 is 1.86 bits per heavy atom. The van der Waals surface area contributed by atoms with Crippen LogP contribution in [0.4, 0.5) is 5.69 Å². The van der Waals surface area contributed by atoms with Crippen molar-refractivity contribution in [3.8, 4) is 0 Å². The van der Waals surface area contributed by atoms with E-state index in [0.29, 0.717) is 37.5 Å². The number of aromatic nitrogens is 2. The number of nitrogens with zero attached hydrogens (tertiary/aromatic N) is 5. The van der Waals surface area contributed by atoms with E-state index in [4.69, 9.17) is 0 Å². The van der Waals surface area contributed by atoms with Crippen molar-refractivity contribution in [3.05, 3.63) is 47.8 Å². The largest absolute Gasteiger partial charge is 0.335 e. The van der Waals surface area contributed by atoms with E-state index >= 15 is 0 Å². The lowest BCUT2D eigenvalue weighted by molar-refractivity contribution is -0.134. The molecule has 0 aliphatic carbocycles. The Labute approximate surface area is 216 Å². The van der Waals surface area contributed by atoms with Crippen molar-refractivity contribution >= 4 is 17.5 Å². The molecule has 0 radical (unpaired) electrons. The number of rotatable bonds is 6. The summed E-state index contributed by atoms with van der Waals surface area (Å²) in [6.07, 6.45) is 9.74. The predicted molar refractivity (Wildman–Crippen MR) is 144 cm³/mol. The molecule has 2 unspecified atom stereocenters. The molecule has 4 rings (SSSR count). The number of anilines is 1. The van der Waals surface area contributed by atoms with Crippen LogP contribution in [0, 0.1) is 12.8 Å². The van der Waals surface area contributed by atoms with Crippen LogP contribution in [-0.2, 0) is 22.7 Å². The molecule has 0 saturated carbocycles. The molecule has 7 heteroatoms. The summed E-state index contributed by atoms with van der Waals surface area (Å²) in [5.41, 5.74) is 3.03. The van der Waals surface area contributed by atoms with Crippen LogP contribution in [0.1, 0.15) is 70.4 Å². The minimum absolute atomic E-state index is 0.0754. The van der Waals surface area contributed by atoms with Crippen LogP contribution in [-0.4, -0.2) is 63.1 Å². The summed E-state index contributed by atoms with van der Waals surface area (Å²) < 4.78 is 1.74. The molecule has 1 fully saturated rings. The summed E-state index contributed by atoms with van der Waals surface area (Å²) in [4.78, 5) is 33.5. The molecule has 2 aromatic rings. The van der Waals surface area contributed by atoms with Crippen molar-refractivity contribution < 1.29 is 9.59 Å². The number of fused-ring (bicyclic) bond motifs is 3. The Balaban J connectivity index is 1.70. The fourth-order valence-electron chi connectivity index (χ4n) is 5.76. The molecule has 1 aromatic carbocycles. The number of hydrogen-bond acceptors (Lipinski definition) is 4. The quantitative estimate of drug-likeness (QED) is 0.588. The van der Waals surface area contributed by atoms with E-state index in [2.05, 4.69) is 29.9 Å². The fourth-order valence-corrected chi connectivity index (χ4v) is 5.76. The molecule has 2 bridgehead atoms. The number of para-hydroxylation sites is 1. The van der Waals surface area contributed by atoms with Crippen LogP contribution in [0.3, 0.4) is 0 Å². The lowest BCUT2D eigenvalue weighted by atomic mass is 9.92. The topological polar surface area (TPSA) is 61.7 Å². The first-order valence-electron chi connectivity index (χ1n) is 13.8. The van der Waals surface area contributed by atoms with E-state index in [-0.39, 0.29) is 18.4 Å². The second kappa shape index (κ2) is 12.0. The van der Waals surface area contributed by atoms with Gasteiger partial charge in [-0.2, -0.15) is 5.10 Å². The van der Waals surface area contributed by atoms with Crippen molar-refractivity contribution in [3.63, 3.8) is 0 Å². The van der Waals surface area contributed by atoms with Gasteiger partial charge in [-0.15, -0.1) is 0 Å². The Morgan fingerprint density at radius 1 is 1.08 bits per heavy atom. The molecular formula is C29H43N5O2. The van der Waals surface area contributed by atoms with Crippen molar-refractivity contribution in [1.29, 1.82) is 0 Å². The zero-order valence-corrected chi connectivity index (χ0v) is 22.5. The van der Waals surface area contributed by atoms with Crippen molar-refractivity contribution in [2.75, 3.05) is 24.5 Å². The molecular weight excluding hydrogens is 450 g/mol. The lowest BCUT2D eigenvalue weighted by Crippen LogP contribution is -2.53. The summed E-state index contributed by atoms with van der Waals surface area (Å²) in [6.45, 7) is 11.7. The fraction of sp³-hybridized carbons (Fsp3) is 0.621. The van der Waals surface area contributed by atoms with Gasteiger partial charge in [0.05, 0.1) is 6.20 Å². The molecule has 3 heterocycles. The highest BCUT2D eigenvalue weighted by atomic mass is 16.2. The number of carbonyl (C=O) groups is 2. The van der Waals surface area contributed by atoms with Crippen LogP contribution >= 0.6 is 0 Å². The van der Waals surface area contributed by atoms with Gasteiger partial charge in [-0.05, 0) is 62.3 Å². The first-order valence-corrected chi connectivity index (χ1v) is 13.8. The molecule has 36 heavy (non-hydrogen) atoms. The number of benzene rings is 1. The average molecular weight is 494 g/mol. The normalized spacial score (nSPS) is 21.2. The summed E-state index contributed by atoms with van der Waals surface area (Å²) in [5.74, 6) is 0.853. The maximum atomic E-state index is 13.7. The molecule has 7 nitrogen and oxygen atoms in total. The van der Waals surface area contributed by atoms with Gasteiger partial charge >= 0.3 is 0 Å². The zero-order valence-electron chi connectivity index (χ0n) is 22.5. The first kappa shape index (κ1) is 26.4. The second-order valence-electron chi connectivity index (χ2n) is 11.0. The molecule has 0 N–H and O–H groups in total. The van der Waals surface area contributed by atoms with Crippen LogP contribution in [0.15, 0.2) is 36.7 Å². The molecule has 2 aliphatic heterocycles. The van der Waals surface area contributed by atoms with Gasteiger partial charge in [0.1, 0.15) is 6.54 Å². The van der Waals surface area contributed by atoms with Gasteiger partial charge in [-0.25, -0.2) is 0 Å². The Kier molecular flexibility index (Phi) is 8.83. The SMILES string of the molecule is CCC(=O)N1CCC2CCCC(CN(C(=O)Cn3cc(C)cn3)Cc3ccccc31)N2CCC(C)C. The van der Waals surface area contributed by atoms with Crippen molar-refractivity contribution in [2.24, 2.45) is 5.92 Å². The number of piperidine rings is 1. The Bertz CT molecular complexity index is 1030. The Hall–Kier alpha value is -2.67.